The molecule has 0 saturated heterocycles. The lowest BCUT2D eigenvalue weighted by Gasteiger charge is -2.15. The van der Waals surface area contributed by atoms with Crippen molar-refractivity contribution in [3.05, 3.63) is 53.6 Å². The van der Waals surface area contributed by atoms with E-state index in [4.69, 9.17) is 9.47 Å². The lowest BCUT2D eigenvalue weighted by Crippen LogP contribution is -2.33. The molecule has 0 unspecified atom stereocenters. The normalized spacial score (nSPS) is 14.2. The minimum absolute atomic E-state index is 0.0124. The Morgan fingerprint density at radius 2 is 1.84 bits per heavy atom. The molecule has 9 heteroatoms. The lowest BCUT2D eigenvalue weighted by molar-refractivity contribution is -0.119. The van der Waals surface area contributed by atoms with Gasteiger partial charge in [0.25, 0.3) is 5.91 Å². The van der Waals surface area contributed by atoms with Gasteiger partial charge in [0.15, 0.2) is 6.61 Å². The van der Waals surface area contributed by atoms with E-state index in [1.807, 2.05) is 25.1 Å². The standard InChI is InChI=1S/C23H28N2O6S/c1-3-16-7-6-10-19(13-16)24-22(26)15-31-23(27)17-11-12-20(30-2)21(14-17)32(28,29)25-18-8-4-5-9-18/h6-7,10-14,18,25H,3-5,8-9,15H2,1-2H3,(H,24,26). The number of nitrogens with one attached hydrogen (secondary N) is 2. The summed E-state index contributed by atoms with van der Waals surface area (Å²) < 4.78 is 38.7. The van der Waals surface area contributed by atoms with E-state index in [0.717, 1.165) is 37.7 Å². The van der Waals surface area contributed by atoms with Gasteiger partial charge in [-0.2, -0.15) is 0 Å². The fourth-order valence-corrected chi connectivity index (χ4v) is 5.12. The van der Waals surface area contributed by atoms with Gasteiger partial charge in [0.2, 0.25) is 10.0 Å². The second kappa shape index (κ2) is 10.6. The second-order valence-corrected chi connectivity index (χ2v) is 9.33. The molecule has 0 aliphatic heterocycles. The van der Waals surface area contributed by atoms with Crippen LogP contribution in [0.4, 0.5) is 5.69 Å². The van der Waals surface area contributed by atoms with Gasteiger partial charge in [0.05, 0.1) is 12.7 Å². The first-order valence-electron chi connectivity index (χ1n) is 10.6. The third-order valence-electron chi connectivity index (χ3n) is 5.32. The number of carbonyl (C=O) groups excluding carboxylic acids is 2. The van der Waals surface area contributed by atoms with Crippen molar-refractivity contribution < 1.29 is 27.5 Å². The Labute approximate surface area is 188 Å². The summed E-state index contributed by atoms with van der Waals surface area (Å²) in [7, 11) is -2.52. The van der Waals surface area contributed by atoms with Crippen LogP contribution in [-0.2, 0) is 26.0 Å². The first-order valence-corrected chi connectivity index (χ1v) is 12.1. The summed E-state index contributed by atoms with van der Waals surface area (Å²) in [6, 6.07) is 11.3. The molecule has 1 aliphatic carbocycles. The Kier molecular flexibility index (Phi) is 7.87. The van der Waals surface area contributed by atoms with E-state index < -0.39 is 28.5 Å². The Morgan fingerprint density at radius 1 is 1.09 bits per heavy atom. The Balaban J connectivity index is 1.67. The van der Waals surface area contributed by atoms with E-state index >= 15 is 0 Å². The maximum Gasteiger partial charge on any atom is 0.338 e. The number of carbonyl (C=O) groups is 2. The minimum Gasteiger partial charge on any atom is -0.495 e. The molecule has 0 heterocycles. The number of aryl methyl sites for hydroxylation is 1. The highest BCUT2D eigenvalue weighted by molar-refractivity contribution is 7.89. The summed E-state index contributed by atoms with van der Waals surface area (Å²) in [4.78, 5) is 24.5. The minimum atomic E-state index is -3.88. The molecular formula is C23H28N2O6S. The van der Waals surface area contributed by atoms with E-state index in [1.54, 1.807) is 6.07 Å². The van der Waals surface area contributed by atoms with Gasteiger partial charge in [-0.1, -0.05) is 31.9 Å². The predicted molar refractivity (Wildman–Crippen MR) is 120 cm³/mol. The number of sulfonamides is 1. The van der Waals surface area contributed by atoms with Crippen LogP contribution < -0.4 is 14.8 Å². The van der Waals surface area contributed by atoms with E-state index in [2.05, 4.69) is 10.0 Å². The van der Waals surface area contributed by atoms with Crippen LogP contribution in [0.1, 0.15) is 48.5 Å². The molecule has 32 heavy (non-hydrogen) atoms. The molecule has 3 rings (SSSR count). The van der Waals surface area contributed by atoms with Crippen molar-refractivity contribution >= 4 is 27.6 Å². The third kappa shape index (κ3) is 6.08. The molecule has 0 aromatic heterocycles. The number of hydrogen-bond acceptors (Lipinski definition) is 6. The average molecular weight is 461 g/mol. The molecule has 1 fully saturated rings. The van der Waals surface area contributed by atoms with E-state index in [9.17, 15) is 18.0 Å². The first kappa shape index (κ1) is 23.7. The summed E-state index contributed by atoms with van der Waals surface area (Å²) in [5.74, 6) is -1.17. The van der Waals surface area contributed by atoms with Crippen molar-refractivity contribution in [2.45, 2.75) is 50.0 Å². The molecule has 0 spiro atoms. The highest BCUT2D eigenvalue weighted by Crippen LogP contribution is 2.27. The number of hydrogen-bond donors (Lipinski definition) is 2. The summed E-state index contributed by atoms with van der Waals surface area (Å²) in [5, 5.41) is 2.68. The second-order valence-electron chi connectivity index (χ2n) is 7.65. The van der Waals surface area contributed by atoms with Crippen molar-refractivity contribution in [3.8, 4) is 5.75 Å². The predicted octanol–water partition coefficient (Wildman–Crippen LogP) is 3.27. The van der Waals surface area contributed by atoms with Gasteiger partial charge in [0.1, 0.15) is 10.6 Å². The Bertz CT molecular complexity index is 1080. The smallest absolute Gasteiger partial charge is 0.338 e. The molecule has 0 atom stereocenters. The molecule has 2 aromatic carbocycles. The molecule has 1 saturated carbocycles. The van der Waals surface area contributed by atoms with Gasteiger partial charge >= 0.3 is 5.97 Å². The molecule has 2 N–H and O–H groups in total. The Hall–Kier alpha value is -2.91. The van der Waals surface area contributed by atoms with Crippen LogP contribution >= 0.6 is 0 Å². The molecule has 0 radical (unpaired) electrons. The summed E-state index contributed by atoms with van der Waals surface area (Å²) in [5.41, 5.74) is 1.69. The number of benzene rings is 2. The summed E-state index contributed by atoms with van der Waals surface area (Å²) >= 11 is 0. The number of esters is 1. The molecule has 0 bridgehead atoms. The van der Waals surface area contributed by atoms with Crippen LogP contribution in [0.25, 0.3) is 0 Å². The van der Waals surface area contributed by atoms with Crippen LogP contribution in [0.5, 0.6) is 5.75 Å². The molecule has 1 amide bonds. The van der Waals surface area contributed by atoms with Crippen LogP contribution in [0.15, 0.2) is 47.4 Å². The maximum absolute atomic E-state index is 12.9. The summed E-state index contributed by atoms with van der Waals surface area (Å²) in [6.07, 6.45) is 4.33. The van der Waals surface area contributed by atoms with Crippen LogP contribution in [0.2, 0.25) is 0 Å². The summed E-state index contributed by atoms with van der Waals surface area (Å²) in [6.45, 7) is 1.51. The van der Waals surface area contributed by atoms with Crippen molar-refractivity contribution in [2.75, 3.05) is 19.0 Å². The van der Waals surface area contributed by atoms with Crippen molar-refractivity contribution in [1.82, 2.24) is 4.72 Å². The number of ether oxygens (including phenoxy) is 2. The quantitative estimate of drug-likeness (QED) is 0.556. The fraction of sp³-hybridized carbons (Fsp3) is 0.391. The maximum atomic E-state index is 12.9. The van der Waals surface area contributed by atoms with Gasteiger partial charge in [-0.05, 0) is 55.2 Å². The fourth-order valence-electron chi connectivity index (χ4n) is 3.62. The van der Waals surface area contributed by atoms with Gasteiger partial charge in [-0.3, -0.25) is 4.79 Å². The van der Waals surface area contributed by atoms with E-state index in [0.29, 0.717) is 5.69 Å². The first-order chi connectivity index (χ1) is 15.3. The SMILES string of the molecule is CCc1cccc(NC(=O)COC(=O)c2ccc(OC)c(S(=O)(=O)NC3CCCC3)c2)c1. The monoisotopic (exact) mass is 460 g/mol. The molecule has 172 valence electrons. The van der Waals surface area contributed by atoms with E-state index in [1.165, 1.54) is 25.3 Å². The van der Waals surface area contributed by atoms with Crippen LogP contribution in [0.3, 0.4) is 0 Å². The van der Waals surface area contributed by atoms with Crippen molar-refractivity contribution in [2.24, 2.45) is 0 Å². The zero-order chi connectivity index (χ0) is 23.1. The van der Waals surface area contributed by atoms with Crippen molar-refractivity contribution in [1.29, 1.82) is 0 Å². The largest absolute Gasteiger partial charge is 0.495 e. The molecule has 1 aliphatic rings. The van der Waals surface area contributed by atoms with Gasteiger partial charge in [-0.15, -0.1) is 0 Å². The number of anilines is 1. The average Bonchev–Trinajstić information content (AvgIpc) is 3.29. The number of methoxy groups -OCH3 is 1. The molecular weight excluding hydrogens is 432 g/mol. The van der Waals surface area contributed by atoms with Crippen LogP contribution in [-0.4, -0.2) is 40.1 Å². The van der Waals surface area contributed by atoms with Gasteiger partial charge in [-0.25, -0.2) is 17.9 Å². The number of rotatable bonds is 9. The Morgan fingerprint density at radius 3 is 2.53 bits per heavy atom. The van der Waals surface area contributed by atoms with E-state index in [-0.39, 0.29) is 22.3 Å². The third-order valence-corrected chi connectivity index (χ3v) is 6.86. The number of amides is 1. The van der Waals surface area contributed by atoms with Crippen LogP contribution in [0, 0.1) is 0 Å². The van der Waals surface area contributed by atoms with Crippen molar-refractivity contribution in [3.63, 3.8) is 0 Å². The lowest BCUT2D eigenvalue weighted by atomic mass is 10.1. The zero-order valence-corrected chi connectivity index (χ0v) is 19.0. The highest BCUT2D eigenvalue weighted by atomic mass is 32.2. The topological polar surface area (TPSA) is 111 Å². The van der Waals surface area contributed by atoms with Gasteiger partial charge < -0.3 is 14.8 Å². The zero-order valence-electron chi connectivity index (χ0n) is 18.2. The molecule has 8 nitrogen and oxygen atoms in total. The molecule has 2 aromatic rings. The highest BCUT2D eigenvalue weighted by Gasteiger charge is 2.27. The van der Waals surface area contributed by atoms with Gasteiger partial charge in [0, 0.05) is 11.7 Å².